The number of nitrogens with zero attached hydrogens (tertiary/aromatic N) is 3. The van der Waals surface area contributed by atoms with E-state index < -0.39 is 5.97 Å². The molecule has 0 spiro atoms. The molecule has 0 unspecified atom stereocenters. The Bertz CT molecular complexity index is 1430. The summed E-state index contributed by atoms with van der Waals surface area (Å²) in [7, 11) is 0. The first-order valence-electron chi connectivity index (χ1n) is 12.2. The number of ether oxygens (including phenoxy) is 1. The minimum Gasteiger partial charge on any atom is -0.466 e. The largest absolute Gasteiger partial charge is 0.466 e. The smallest absolute Gasteiger partial charge is 0.339 e. The lowest BCUT2D eigenvalue weighted by molar-refractivity contribution is -0.124. The van der Waals surface area contributed by atoms with Crippen molar-refractivity contribution in [2.24, 2.45) is 0 Å². The molecule has 1 N–H and O–H groups in total. The van der Waals surface area contributed by atoms with E-state index in [1.54, 1.807) is 16.9 Å². The Morgan fingerprint density at radius 2 is 1.92 bits per heavy atom. The Kier molecular flexibility index (Phi) is 6.12. The first-order chi connectivity index (χ1) is 17.3. The third-order valence-electron chi connectivity index (χ3n) is 6.79. The molecule has 1 fully saturated rings. The van der Waals surface area contributed by atoms with Gasteiger partial charge >= 0.3 is 5.97 Å². The molecule has 1 aliphatic rings. The van der Waals surface area contributed by atoms with Gasteiger partial charge in [-0.15, -0.1) is 0 Å². The molecule has 8 heteroatoms. The van der Waals surface area contributed by atoms with Crippen molar-refractivity contribution in [3.8, 4) is 11.3 Å². The van der Waals surface area contributed by atoms with E-state index in [4.69, 9.17) is 14.1 Å². The molecule has 36 heavy (non-hydrogen) atoms. The number of pyridine rings is 1. The van der Waals surface area contributed by atoms with Gasteiger partial charge in [0.25, 0.3) is 5.91 Å². The van der Waals surface area contributed by atoms with Crippen LogP contribution in [-0.2, 0) is 14.9 Å². The van der Waals surface area contributed by atoms with E-state index in [1.807, 2.05) is 52.0 Å². The number of hydrogen-bond donors (Lipinski definition) is 1. The third kappa shape index (κ3) is 4.51. The predicted molar refractivity (Wildman–Crippen MR) is 136 cm³/mol. The van der Waals surface area contributed by atoms with Gasteiger partial charge < -0.3 is 14.5 Å². The molecule has 186 valence electrons. The SMILES string of the molecule is Cc1cc(-c2cc(C(=O)OCC(=O)NCC3(c4ccccc4)CC3)c3cnn(C(C)C)c3n2)c(C)o1. The molecule has 4 aromatic rings. The Morgan fingerprint density at radius 1 is 1.17 bits per heavy atom. The van der Waals surface area contributed by atoms with Crippen molar-refractivity contribution in [2.75, 3.05) is 13.2 Å². The highest BCUT2D eigenvalue weighted by atomic mass is 16.5. The summed E-state index contributed by atoms with van der Waals surface area (Å²) in [4.78, 5) is 30.5. The molecule has 1 aliphatic carbocycles. The number of fused-ring (bicyclic) bond motifs is 1. The summed E-state index contributed by atoms with van der Waals surface area (Å²) in [5.74, 6) is 0.548. The fraction of sp³-hybridized carbons (Fsp3) is 0.357. The van der Waals surface area contributed by atoms with E-state index in [1.165, 1.54) is 5.56 Å². The third-order valence-corrected chi connectivity index (χ3v) is 6.79. The summed E-state index contributed by atoms with van der Waals surface area (Å²) in [5.41, 5.74) is 3.49. The number of carbonyl (C=O) groups is 2. The highest BCUT2D eigenvalue weighted by Crippen LogP contribution is 2.47. The van der Waals surface area contributed by atoms with Gasteiger partial charge in [-0.25, -0.2) is 14.5 Å². The zero-order chi connectivity index (χ0) is 25.4. The van der Waals surface area contributed by atoms with Gasteiger partial charge in [0, 0.05) is 23.6 Å². The zero-order valence-electron chi connectivity index (χ0n) is 21.0. The van der Waals surface area contributed by atoms with E-state index in [-0.39, 0.29) is 24.0 Å². The number of aryl methyl sites for hydroxylation is 2. The van der Waals surface area contributed by atoms with Crippen molar-refractivity contribution in [3.63, 3.8) is 0 Å². The van der Waals surface area contributed by atoms with Crippen LogP contribution in [0.2, 0.25) is 0 Å². The number of furan rings is 1. The Labute approximate surface area is 209 Å². The maximum Gasteiger partial charge on any atom is 0.339 e. The van der Waals surface area contributed by atoms with Gasteiger partial charge in [-0.2, -0.15) is 5.10 Å². The molecule has 1 amide bonds. The van der Waals surface area contributed by atoms with Gasteiger partial charge in [0.1, 0.15) is 11.5 Å². The van der Waals surface area contributed by atoms with Crippen LogP contribution >= 0.6 is 0 Å². The summed E-state index contributed by atoms with van der Waals surface area (Å²) < 4.78 is 12.9. The van der Waals surface area contributed by atoms with Gasteiger partial charge in [-0.1, -0.05) is 30.3 Å². The first kappa shape index (κ1) is 23.8. The molecule has 0 bridgehead atoms. The van der Waals surface area contributed by atoms with E-state index in [2.05, 4.69) is 22.5 Å². The molecular weight excluding hydrogens is 456 g/mol. The number of hydrogen-bond acceptors (Lipinski definition) is 6. The topological polar surface area (TPSA) is 99.2 Å². The summed E-state index contributed by atoms with van der Waals surface area (Å²) >= 11 is 0. The molecular formula is C28H30N4O4. The van der Waals surface area contributed by atoms with E-state index >= 15 is 0 Å². The Hall–Kier alpha value is -3.94. The van der Waals surface area contributed by atoms with E-state index in [0.717, 1.165) is 24.2 Å². The van der Waals surface area contributed by atoms with Gasteiger partial charge in [-0.05, 0) is 58.2 Å². The number of amides is 1. The normalized spacial score (nSPS) is 14.2. The number of benzene rings is 1. The van der Waals surface area contributed by atoms with Crippen LogP contribution in [0.3, 0.4) is 0 Å². The van der Waals surface area contributed by atoms with Crippen molar-refractivity contribution in [1.82, 2.24) is 20.1 Å². The second-order valence-corrected chi connectivity index (χ2v) is 9.80. The van der Waals surface area contributed by atoms with Crippen molar-refractivity contribution < 1.29 is 18.7 Å². The van der Waals surface area contributed by atoms with Crippen LogP contribution in [0.15, 0.2) is 53.1 Å². The molecule has 0 aliphatic heterocycles. The molecule has 1 saturated carbocycles. The van der Waals surface area contributed by atoms with E-state index in [9.17, 15) is 9.59 Å². The average Bonchev–Trinajstić information content (AvgIpc) is 3.41. The lowest BCUT2D eigenvalue weighted by Crippen LogP contribution is -2.35. The van der Waals surface area contributed by atoms with Crippen LogP contribution in [0.4, 0.5) is 0 Å². The summed E-state index contributed by atoms with van der Waals surface area (Å²) in [6.07, 6.45) is 3.68. The fourth-order valence-electron chi connectivity index (χ4n) is 4.63. The second-order valence-electron chi connectivity index (χ2n) is 9.80. The minimum atomic E-state index is -0.593. The number of aromatic nitrogens is 3. The summed E-state index contributed by atoms with van der Waals surface area (Å²) in [5, 5.41) is 7.95. The molecule has 5 rings (SSSR count). The lowest BCUT2D eigenvalue weighted by Gasteiger charge is -2.16. The Morgan fingerprint density at radius 3 is 2.56 bits per heavy atom. The number of carbonyl (C=O) groups excluding carboxylic acids is 2. The molecule has 0 saturated heterocycles. The number of esters is 1. The van der Waals surface area contributed by atoms with Crippen LogP contribution < -0.4 is 5.32 Å². The average molecular weight is 487 g/mol. The van der Waals surface area contributed by atoms with Gasteiger partial charge in [0.15, 0.2) is 12.3 Å². The maximum atomic E-state index is 13.2. The minimum absolute atomic E-state index is 0.0148. The molecule has 0 radical (unpaired) electrons. The van der Waals surface area contributed by atoms with Crippen LogP contribution in [0.1, 0.15) is 60.2 Å². The van der Waals surface area contributed by atoms with Crippen LogP contribution in [-0.4, -0.2) is 39.8 Å². The highest BCUT2D eigenvalue weighted by molar-refractivity contribution is 6.04. The summed E-state index contributed by atoms with van der Waals surface area (Å²) in [6, 6.07) is 13.8. The molecule has 8 nitrogen and oxygen atoms in total. The van der Waals surface area contributed by atoms with Crippen molar-refractivity contribution in [3.05, 3.63) is 71.3 Å². The van der Waals surface area contributed by atoms with Crippen molar-refractivity contribution in [1.29, 1.82) is 0 Å². The summed E-state index contributed by atoms with van der Waals surface area (Å²) in [6.45, 7) is 7.89. The fourth-order valence-corrected chi connectivity index (χ4v) is 4.63. The van der Waals surface area contributed by atoms with E-state index in [0.29, 0.717) is 34.6 Å². The molecule has 0 atom stereocenters. The first-order valence-corrected chi connectivity index (χ1v) is 12.2. The maximum absolute atomic E-state index is 13.2. The lowest BCUT2D eigenvalue weighted by atomic mass is 9.96. The zero-order valence-corrected chi connectivity index (χ0v) is 21.0. The standard InChI is InChI=1S/C28H30N4O4/c1-17(2)32-26-23(14-30-32)22(13-24(31-26)21-12-18(3)36-19(21)4)27(34)35-15-25(33)29-16-28(10-11-28)20-8-6-5-7-9-20/h5-9,12-14,17H,10-11,15-16H2,1-4H3,(H,29,33). The second kappa shape index (κ2) is 9.26. The number of nitrogens with one attached hydrogen (secondary N) is 1. The van der Waals surface area contributed by atoms with Gasteiger partial charge in [-0.3, -0.25) is 4.79 Å². The number of rotatable bonds is 8. The predicted octanol–water partition coefficient (Wildman–Crippen LogP) is 4.89. The van der Waals surface area contributed by atoms with Crippen LogP contribution in [0, 0.1) is 13.8 Å². The highest BCUT2D eigenvalue weighted by Gasteiger charge is 2.44. The van der Waals surface area contributed by atoms with Gasteiger partial charge in [0.2, 0.25) is 0 Å². The van der Waals surface area contributed by atoms with Crippen molar-refractivity contribution >= 4 is 22.9 Å². The Balaban J connectivity index is 1.34. The van der Waals surface area contributed by atoms with Crippen LogP contribution in [0.5, 0.6) is 0 Å². The molecule has 3 heterocycles. The van der Waals surface area contributed by atoms with Crippen molar-refractivity contribution in [2.45, 2.75) is 52.0 Å². The quantitative estimate of drug-likeness (QED) is 0.356. The monoisotopic (exact) mass is 486 g/mol. The van der Waals surface area contributed by atoms with Gasteiger partial charge in [0.05, 0.1) is 22.8 Å². The van der Waals surface area contributed by atoms with Crippen LogP contribution in [0.25, 0.3) is 22.3 Å². The molecule has 3 aromatic heterocycles. The molecule has 1 aromatic carbocycles.